The minimum Gasteiger partial charge on any atom is -0.345 e. The van der Waals surface area contributed by atoms with Gasteiger partial charge >= 0.3 is 0 Å². The summed E-state index contributed by atoms with van der Waals surface area (Å²) in [5.74, 6) is -0.394. The van der Waals surface area contributed by atoms with Gasteiger partial charge in [-0.2, -0.15) is 0 Å². The topological polar surface area (TPSA) is 46.1 Å². The van der Waals surface area contributed by atoms with Gasteiger partial charge in [-0.15, -0.1) is 0 Å². The quantitative estimate of drug-likeness (QED) is 0.418. The first-order chi connectivity index (χ1) is 15.5. The van der Waals surface area contributed by atoms with E-state index in [1.165, 1.54) is 17.0 Å². The molecule has 0 fully saturated rings. The summed E-state index contributed by atoms with van der Waals surface area (Å²) in [4.78, 5) is 22.6. The van der Waals surface area contributed by atoms with Crippen LogP contribution in [0.2, 0.25) is 0 Å². The van der Waals surface area contributed by atoms with Gasteiger partial charge in [-0.05, 0) is 70.6 Å². The van der Waals surface area contributed by atoms with Crippen LogP contribution in [0.4, 0.5) is 4.39 Å². The molecule has 2 heterocycles. The molecule has 160 valence electrons. The van der Waals surface area contributed by atoms with Crippen molar-refractivity contribution in [3.05, 3.63) is 120 Å². The van der Waals surface area contributed by atoms with Gasteiger partial charge < -0.3 is 4.90 Å². The average molecular weight is 426 g/mol. The summed E-state index contributed by atoms with van der Waals surface area (Å²) in [6.07, 6.45) is 7.86. The lowest BCUT2D eigenvalue weighted by molar-refractivity contribution is 0.0827. The molecule has 0 aliphatic heterocycles. The number of hydrogen-bond donors (Lipinski definition) is 0. The van der Waals surface area contributed by atoms with Crippen molar-refractivity contribution in [2.75, 3.05) is 14.1 Å². The minimum atomic E-state index is -0.313. The Morgan fingerprint density at radius 1 is 0.906 bits per heavy atom. The van der Waals surface area contributed by atoms with Gasteiger partial charge in [0, 0.05) is 50.4 Å². The molecule has 4 aromatic rings. The highest BCUT2D eigenvalue weighted by Gasteiger charge is 2.19. The molecule has 32 heavy (non-hydrogen) atoms. The number of benzene rings is 2. The molecule has 0 spiro atoms. The molecule has 2 aromatic heterocycles. The maximum Gasteiger partial charge on any atom is 0.253 e. The van der Waals surface area contributed by atoms with Crippen LogP contribution in [-0.4, -0.2) is 34.9 Å². The van der Waals surface area contributed by atoms with Gasteiger partial charge in [0.25, 0.3) is 5.91 Å². The molecule has 0 saturated carbocycles. The lowest BCUT2D eigenvalue weighted by atomic mass is 9.85. The van der Waals surface area contributed by atoms with Crippen LogP contribution in [0.5, 0.6) is 0 Å². The summed E-state index contributed by atoms with van der Waals surface area (Å²) in [6, 6.07) is 20.1. The van der Waals surface area contributed by atoms with Gasteiger partial charge in [-0.25, -0.2) is 4.39 Å². The fourth-order valence-electron chi connectivity index (χ4n) is 3.89. The van der Waals surface area contributed by atoms with E-state index in [1.54, 1.807) is 32.6 Å². The Morgan fingerprint density at radius 2 is 1.59 bits per heavy atom. The van der Waals surface area contributed by atoms with Crippen molar-refractivity contribution < 1.29 is 9.18 Å². The molecule has 0 N–H and O–H groups in total. The van der Waals surface area contributed by atoms with Crippen LogP contribution in [0.15, 0.2) is 91.5 Å². The SMILES string of the molecule is CN(C)C(=O)c1cccc(-c2cc(F)ccc2CC(c2cccnc2)c2cccnc2)c1. The zero-order valence-electron chi connectivity index (χ0n) is 18.1. The molecule has 5 heteroatoms. The number of nitrogens with zero attached hydrogens (tertiary/aromatic N) is 3. The molecule has 0 aliphatic rings. The fourth-order valence-corrected chi connectivity index (χ4v) is 3.89. The molecule has 4 nitrogen and oxygen atoms in total. The monoisotopic (exact) mass is 425 g/mol. The van der Waals surface area contributed by atoms with Gasteiger partial charge in [0.15, 0.2) is 0 Å². The van der Waals surface area contributed by atoms with E-state index in [4.69, 9.17) is 0 Å². The highest BCUT2D eigenvalue weighted by Crippen LogP contribution is 2.33. The highest BCUT2D eigenvalue weighted by molar-refractivity contribution is 5.95. The first-order valence-corrected chi connectivity index (χ1v) is 10.4. The highest BCUT2D eigenvalue weighted by atomic mass is 19.1. The van der Waals surface area contributed by atoms with E-state index >= 15 is 0 Å². The third-order valence-electron chi connectivity index (χ3n) is 5.50. The Morgan fingerprint density at radius 3 is 2.19 bits per heavy atom. The Kier molecular flexibility index (Phi) is 6.36. The summed E-state index contributed by atoms with van der Waals surface area (Å²) in [5, 5.41) is 0. The van der Waals surface area contributed by atoms with Crippen molar-refractivity contribution in [2.24, 2.45) is 0 Å². The van der Waals surface area contributed by atoms with Crippen LogP contribution in [-0.2, 0) is 6.42 Å². The summed E-state index contributed by atoms with van der Waals surface area (Å²) in [5.41, 5.74) is 5.26. The molecule has 0 atom stereocenters. The summed E-state index contributed by atoms with van der Waals surface area (Å²) in [6.45, 7) is 0. The van der Waals surface area contributed by atoms with E-state index in [0.29, 0.717) is 12.0 Å². The van der Waals surface area contributed by atoms with Crippen molar-refractivity contribution in [2.45, 2.75) is 12.3 Å². The maximum absolute atomic E-state index is 14.3. The molecule has 0 aliphatic carbocycles. The smallest absolute Gasteiger partial charge is 0.253 e. The number of carbonyl (C=O) groups excluding carboxylic acids is 1. The van der Waals surface area contributed by atoms with Gasteiger partial charge in [-0.3, -0.25) is 14.8 Å². The van der Waals surface area contributed by atoms with E-state index in [1.807, 2.05) is 60.9 Å². The molecular weight excluding hydrogens is 401 g/mol. The largest absolute Gasteiger partial charge is 0.345 e. The first-order valence-electron chi connectivity index (χ1n) is 10.4. The van der Waals surface area contributed by atoms with Gasteiger partial charge in [0.1, 0.15) is 5.82 Å². The van der Waals surface area contributed by atoms with E-state index < -0.39 is 0 Å². The molecule has 2 aromatic carbocycles. The second-order valence-corrected chi connectivity index (χ2v) is 7.91. The van der Waals surface area contributed by atoms with E-state index in [0.717, 1.165) is 27.8 Å². The molecule has 0 saturated heterocycles. The number of pyridine rings is 2. The van der Waals surface area contributed by atoms with Crippen LogP contribution >= 0.6 is 0 Å². The van der Waals surface area contributed by atoms with Crippen LogP contribution in [0.25, 0.3) is 11.1 Å². The maximum atomic E-state index is 14.3. The van der Waals surface area contributed by atoms with E-state index in [-0.39, 0.29) is 17.6 Å². The predicted molar refractivity (Wildman–Crippen MR) is 124 cm³/mol. The van der Waals surface area contributed by atoms with Crippen LogP contribution < -0.4 is 0 Å². The average Bonchev–Trinajstić information content (AvgIpc) is 2.84. The van der Waals surface area contributed by atoms with Gasteiger partial charge in [0.05, 0.1) is 0 Å². The molecule has 4 rings (SSSR count). The normalized spacial score (nSPS) is 10.9. The van der Waals surface area contributed by atoms with Crippen LogP contribution in [0.3, 0.4) is 0 Å². The number of aromatic nitrogens is 2. The van der Waals surface area contributed by atoms with Crippen molar-refractivity contribution in [3.8, 4) is 11.1 Å². The second-order valence-electron chi connectivity index (χ2n) is 7.91. The molecule has 0 radical (unpaired) electrons. The number of halogens is 1. The lowest BCUT2D eigenvalue weighted by Crippen LogP contribution is -2.21. The number of amides is 1. The first kappa shape index (κ1) is 21.4. The number of hydrogen-bond acceptors (Lipinski definition) is 3. The standard InChI is InChI=1S/C27H24FN3O/c1-31(2)27(32)21-7-3-6-19(14-21)26-16-24(28)11-10-20(26)15-25(22-8-4-12-29-17-22)23-9-5-13-30-18-23/h3-14,16-18,25H,15H2,1-2H3. The third kappa shape index (κ3) is 4.72. The van der Waals surface area contributed by atoms with Crippen LogP contribution in [0, 0.1) is 5.82 Å². The van der Waals surface area contributed by atoms with Crippen LogP contribution in [0.1, 0.15) is 33.0 Å². The second kappa shape index (κ2) is 9.52. The Balaban J connectivity index is 1.78. The van der Waals surface area contributed by atoms with E-state index in [2.05, 4.69) is 9.97 Å². The van der Waals surface area contributed by atoms with E-state index in [9.17, 15) is 9.18 Å². The van der Waals surface area contributed by atoms with Crippen molar-refractivity contribution >= 4 is 5.91 Å². The Bertz CT molecular complexity index is 1170. The molecule has 0 unspecified atom stereocenters. The minimum absolute atomic E-state index is 0.00759. The van der Waals surface area contributed by atoms with Gasteiger partial charge in [0.2, 0.25) is 0 Å². The zero-order valence-corrected chi connectivity index (χ0v) is 18.1. The number of rotatable bonds is 6. The lowest BCUT2D eigenvalue weighted by Gasteiger charge is -2.20. The molecular formula is C27H24FN3O. The summed E-state index contributed by atoms with van der Waals surface area (Å²) in [7, 11) is 3.43. The Hall–Kier alpha value is -3.86. The van der Waals surface area contributed by atoms with Gasteiger partial charge in [-0.1, -0.05) is 30.3 Å². The zero-order chi connectivity index (χ0) is 22.5. The van der Waals surface area contributed by atoms with Crippen molar-refractivity contribution in [1.82, 2.24) is 14.9 Å². The third-order valence-corrected chi connectivity index (χ3v) is 5.50. The van der Waals surface area contributed by atoms with Crippen molar-refractivity contribution in [1.29, 1.82) is 0 Å². The number of carbonyl (C=O) groups is 1. The molecule has 0 bridgehead atoms. The summed E-state index contributed by atoms with van der Waals surface area (Å²) < 4.78 is 14.3. The molecule has 1 amide bonds. The fraction of sp³-hybridized carbons (Fsp3) is 0.148. The summed E-state index contributed by atoms with van der Waals surface area (Å²) >= 11 is 0. The Labute approximate surface area is 187 Å². The van der Waals surface area contributed by atoms with Crippen molar-refractivity contribution in [3.63, 3.8) is 0 Å². The predicted octanol–water partition coefficient (Wildman–Crippen LogP) is 5.36.